The maximum atomic E-state index is 13.1. The van der Waals surface area contributed by atoms with Crippen molar-refractivity contribution in [2.24, 2.45) is 0 Å². The number of amides is 2. The molecule has 1 saturated heterocycles. The van der Waals surface area contributed by atoms with E-state index in [4.69, 9.17) is 9.15 Å². The van der Waals surface area contributed by atoms with Gasteiger partial charge in [0.15, 0.2) is 5.76 Å². The molecule has 0 spiro atoms. The van der Waals surface area contributed by atoms with Crippen LogP contribution in [0.25, 0.3) is 0 Å². The van der Waals surface area contributed by atoms with Gasteiger partial charge in [-0.25, -0.2) is 0 Å². The second kappa shape index (κ2) is 10.5. The molecule has 2 aromatic heterocycles. The van der Waals surface area contributed by atoms with Gasteiger partial charge in [0.05, 0.1) is 26.3 Å². The van der Waals surface area contributed by atoms with Gasteiger partial charge in [0.25, 0.3) is 11.8 Å². The van der Waals surface area contributed by atoms with Gasteiger partial charge in [0, 0.05) is 37.1 Å². The SMILES string of the molecule is CCCN(Cc1cccn1Cc1ccc(C(=O)N2CCOCC2)o1)C(=O)c1ccc(C)cc1. The quantitative estimate of drug-likeness (QED) is 0.522. The summed E-state index contributed by atoms with van der Waals surface area (Å²) in [4.78, 5) is 29.4. The van der Waals surface area contributed by atoms with Gasteiger partial charge in [-0.05, 0) is 49.7 Å². The minimum Gasteiger partial charge on any atom is -0.454 e. The summed E-state index contributed by atoms with van der Waals surface area (Å²) in [5.74, 6) is 0.981. The van der Waals surface area contributed by atoms with Crippen molar-refractivity contribution < 1.29 is 18.7 Å². The Morgan fingerprint density at radius 1 is 1.03 bits per heavy atom. The van der Waals surface area contributed by atoms with Crippen LogP contribution in [-0.4, -0.2) is 59.0 Å². The number of hydrogen-bond acceptors (Lipinski definition) is 4. The summed E-state index contributed by atoms with van der Waals surface area (Å²) >= 11 is 0. The van der Waals surface area contributed by atoms with Gasteiger partial charge in [-0.3, -0.25) is 9.59 Å². The maximum Gasteiger partial charge on any atom is 0.289 e. The van der Waals surface area contributed by atoms with Crippen LogP contribution >= 0.6 is 0 Å². The monoisotopic (exact) mass is 449 g/mol. The van der Waals surface area contributed by atoms with Crippen molar-refractivity contribution in [3.63, 3.8) is 0 Å². The molecule has 1 aliphatic heterocycles. The second-order valence-corrected chi connectivity index (χ2v) is 8.39. The van der Waals surface area contributed by atoms with E-state index in [2.05, 4.69) is 11.5 Å². The van der Waals surface area contributed by atoms with Gasteiger partial charge >= 0.3 is 0 Å². The highest BCUT2D eigenvalue weighted by atomic mass is 16.5. The molecule has 2 amide bonds. The molecular formula is C26H31N3O4. The molecule has 0 bridgehead atoms. The normalized spacial score (nSPS) is 13.8. The summed E-state index contributed by atoms with van der Waals surface area (Å²) in [6.07, 6.45) is 2.85. The van der Waals surface area contributed by atoms with Crippen molar-refractivity contribution in [1.82, 2.24) is 14.4 Å². The van der Waals surface area contributed by atoms with Crippen LogP contribution in [0.1, 0.15) is 51.3 Å². The Balaban J connectivity index is 1.45. The van der Waals surface area contributed by atoms with E-state index in [-0.39, 0.29) is 11.8 Å². The summed E-state index contributed by atoms with van der Waals surface area (Å²) in [5.41, 5.74) is 2.85. The molecule has 0 atom stereocenters. The van der Waals surface area contributed by atoms with Gasteiger partial charge in [0.2, 0.25) is 0 Å². The van der Waals surface area contributed by atoms with Crippen molar-refractivity contribution in [2.75, 3.05) is 32.8 Å². The molecule has 0 saturated carbocycles. The largest absolute Gasteiger partial charge is 0.454 e. The molecule has 0 N–H and O–H groups in total. The van der Waals surface area contributed by atoms with E-state index in [9.17, 15) is 9.59 Å². The fraction of sp³-hybridized carbons (Fsp3) is 0.385. The first-order chi connectivity index (χ1) is 16.0. The average molecular weight is 450 g/mol. The predicted molar refractivity (Wildman–Crippen MR) is 125 cm³/mol. The minimum atomic E-state index is -0.102. The van der Waals surface area contributed by atoms with Crippen molar-refractivity contribution in [3.8, 4) is 0 Å². The summed E-state index contributed by atoms with van der Waals surface area (Å²) in [6.45, 7) is 8.05. The molecule has 4 rings (SSSR count). The highest BCUT2D eigenvalue weighted by Gasteiger charge is 2.22. The Morgan fingerprint density at radius 3 is 2.52 bits per heavy atom. The number of carbonyl (C=O) groups excluding carboxylic acids is 2. The summed E-state index contributed by atoms with van der Waals surface area (Å²) in [7, 11) is 0. The number of benzene rings is 1. The van der Waals surface area contributed by atoms with Crippen LogP contribution in [0.4, 0.5) is 0 Å². The van der Waals surface area contributed by atoms with Crippen LogP contribution in [0.5, 0.6) is 0 Å². The van der Waals surface area contributed by atoms with Gasteiger partial charge in [-0.2, -0.15) is 0 Å². The van der Waals surface area contributed by atoms with Crippen molar-refractivity contribution in [2.45, 2.75) is 33.4 Å². The molecule has 7 heteroatoms. The Hall–Kier alpha value is -3.32. The van der Waals surface area contributed by atoms with E-state index in [1.165, 1.54) is 0 Å². The molecular weight excluding hydrogens is 418 g/mol. The lowest BCUT2D eigenvalue weighted by molar-refractivity contribution is 0.0281. The number of aryl methyl sites for hydroxylation is 1. The van der Waals surface area contributed by atoms with Crippen LogP contribution in [0, 0.1) is 6.92 Å². The number of rotatable bonds is 8. The number of morpholine rings is 1. The Kier molecular flexibility index (Phi) is 7.29. The molecule has 3 aromatic rings. The number of ether oxygens (including phenoxy) is 1. The molecule has 1 fully saturated rings. The van der Waals surface area contributed by atoms with Crippen LogP contribution in [0.15, 0.2) is 59.1 Å². The Bertz CT molecular complexity index is 1080. The van der Waals surface area contributed by atoms with E-state index < -0.39 is 0 Å². The first-order valence-corrected chi connectivity index (χ1v) is 11.5. The highest BCUT2D eigenvalue weighted by Crippen LogP contribution is 2.17. The van der Waals surface area contributed by atoms with E-state index in [1.807, 2.05) is 60.5 Å². The lowest BCUT2D eigenvalue weighted by atomic mass is 10.1. The summed E-state index contributed by atoms with van der Waals surface area (Å²) in [5, 5.41) is 0. The van der Waals surface area contributed by atoms with Crippen LogP contribution < -0.4 is 0 Å². The number of hydrogen-bond donors (Lipinski definition) is 0. The standard InChI is InChI=1S/C26H31N3O4/c1-3-12-29(25(30)21-8-6-20(2)7-9-21)18-22-5-4-13-28(22)19-23-10-11-24(33-23)26(31)27-14-16-32-17-15-27/h4-11,13H,3,12,14-19H2,1-2H3. The molecule has 7 nitrogen and oxygen atoms in total. The van der Waals surface area contributed by atoms with Crippen LogP contribution in [0.3, 0.4) is 0 Å². The van der Waals surface area contributed by atoms with Gasteiger partial charge in [0.1, 0.15) is 5.76 Å². The summed E-state index contributed by atoms with van der Waals surface area (Å²) in [6, 6.07) is 15.3. The number of furan rings is 1. The Labute approximate surface area is 194 Å². The lowest BCUT2D eigenvalue weighted by Crippen LogP contribution is -2.40. The zero-order valence-corrected chi connectivity index (χ0v) is 19.3. The smallest absolute Gasteiger partial charge is 0.289 e. The minimum absolute atomic E-state index is 0.0287. The van der Waals surface area contributed by atoms with Crippen LogP contribution in [0.2, 0.25) is 0 Å². The summed E-state index contributed by atoms with van der Waals surface area (Å²) < 4.78 is 13.3. The molecule has 0 radical (unpaired) electrons. The van der Waals surface area contributed by atoms with E-state index >= 15 is 0 Å². The molecule has 33 heavy (non-hydrogen) atoms. The fourth-order valence-electron chi connectivity index (χ4n) is 4.01. The van der Waals surface area contributed by atoms with Crippen molar-refractivity contribution in [1.29, 1.82) is 0 Å². The zero-order valence-electron chi connectivity index (χ0n) is 19.3. The van der Waals surface area contributed by atoms with Crippen molar-refractivity contribution >= 4 is 11.8 Å². The first kappa shape index (κ1) is 22.9. The molecule has 174 valence electrons. The molecule has 0 unspecified atom stereocenters. The third-order valence-electron chi connectivity index (χ3n) is 5.85. The number of carbonyl (C=O) groups is 2. The fourth-order valence-corrected chi connectivity index (χ4v) is 4.01. The van der Waals surface area contributed by atoms with E-state index in [0.29, 0.717) is 63.0 Å². The number of nitrogens with zero attached hydrogens (tertiary/aromatic N) is 3. The zero-order chi connectivity index (χ0) is 23.2. The van der Waals surface area contributed by atoms with Crippen LogP contribution in [-0.2, 0) is 17.8 Å². The van der Waals surface area contributed by atoms with Crippen molar-refractivity contribution in [3.05, 3.63) is 83.1 Å². The van der Waals surface area contributed by atoms with E-state index in [1.54, 1.807) is 11.0 Å². The topological polar surface area (TPSA) is 67.9 Å². The molecule has 1 aromatic carbocycles. The third kappa shape index (κ3) is 5.54. The third-order valence-corrected chi connectivity index (χ3v) is 5.85. The highest BCUT2D eigenvalue weighted by molar-refractivity contribution is 5.94. The van der Waals surface area contributed by atoms with Gasteiger partial charge in [-0.15, -0.1) is 0 Å². The maximum absolute atomic E-state index is 13.1. The van der Waals surface area contributed by atoms with Gasteiger partial charge in [-0.1, -0.05) is 24.6 Å². The first-order valence-electron chi connectivity index (χ1n) is 11.5. The lowest BCUT2D eigenvalue weighted by Gasteiger charge is -2.25. The molecule has 1 aliphatic rings. The average Bonchev–Trinajstić information content (AvgIpc) is 3.49. The predicted octanol–water partition coefficient (Wildman–Crippen LogP) is 3.96. The van der Waals surface area contributed by atoms with E-state index in [0.717, 1.165) is 17.7 Å². The Morgan fingerprint density at radius 2 is 1.79 bits per heavy atom. The number of aromatic nitrogens is 1. The second-order valence-electron chi connectivity index (χ2n) is 8.39. The molecule has 0 aliphatic carbocycles. The molecule has 3 heterocycles. The van der Waals surface area contributed by atoms with Gasteiger partial charge < -0.3 is 23.5 Å².